The topological polar surface area (TPSA) is 72.0 Å². The third kappa shape index (κ3) is 4.35. The van der Waals surface area contributed by atoms with E-state index in [1.165, 1.54) is 18.3 Å². The Morgan fingerprint density at radius 3 is 2.58 bits per heavy atom. The first kappa shape index (κ1) is 13.5. The van der Waals surface area contributed by atoms with Crippen LogP contribution in [0.5, 0.6) is 0 Å². The van der Waals surface area contributed by atoms with Gasteiger partial charge in [-0.15, -0.1) is 0 Å². The van der Waals surface area contributed by atoms with Gasteiger partial charge in [-0.2, -0.15) is 0 Å². The molecular formula is C12H10ClN3O2S. The number of sulfonamides is 1. The Labute approximate surface area is 116 Å². The van der Waals surface area contributed by atoms with E-state index in [2.05, 4.69) is 14.7 Å². The van der Waals surface area contributed by atoms with Gasteiger partial charge in [0.05, 0.1) is 5.41 Å². The predicted octanol–water partition coefficient (Wildman–Crippen LogP) is 2.54. The van der Waals surface area contributed by atoms with Crippen LogP contribution in [0.25, 0.3) is 6.08 Å². The van der Waals surface area contributed by atoms with Gasteiger partial charge in [0.25, 0.3) is 10.0 Å². The monoisotopic (exact) mass is 295 g/mol. The minimum Gasteiger partial charge on any atom is -0.248 e. The molecule has 1 aromatic heterocycles. The van der Waals surface area contributed by atoms with Crippen LogP contribution in [0.4, 0.5) is 5.95 Å². The van der Waals surface area contributed by atoms with Crippen molar-refractivity contribution < 1.29 is 8.42 Å². The van der Waals surface area contributed by atoms with Crippen molar-refractivity contribution in [3.63, 3.8) is 0 Å². The highest BCUT2D eigenvalue weighted by molar-refractivity contribution is 7.95. The zero-order chi connectivity index (χ0) is 13.7. The predicted molar refractivity (Wildman–Crippen MR) is 75.1 cm³/mol. The summed E-state index contributed by atoms with van der Waals surface area (Å²) in [5, 5.41) is 1.21. The van der Waals surface area contributed by atoms with Crippen molar-refractivity contribution in [3.8, 4) is 0 Å². The molecule has 7 heteroatoms. The molecule has 0 aliphatic rings. The number of hydrogen-bond donors (Lipinski definition) is 1. The Bertz CT molecular complexity index is 687. The van der Waals surface area contributed by atoms with E-state index in [0.29, 0.717) is 0 Å². The van der Waals surface area contributed by atoms with E-state index in [4.69, 9.17) is 11.6 Å². The van der Waals surface area contributed by atoms with Gasteiger partial charge in [0.15, 0.2) is 0 Å². The number of nitrogens with zero attached hydrogens (tertiary/aromatic N) is 2. The van der Waals surface area contributed by atoms with Crippen LogP contribution in [0, 0.1) is 0 Å². The fourth-order valence-electron chi connectivity index (χ4n) is 1.28. The molecule has 2 rings (SSSR count). The van der Waals surface area contributed by atoms with Gasteiger partial charge in [-0.1, -0.05) is 41.9 Å². The van der Waals surface area contributed by atoms with Crippen LogP contribution in [0.1, 0.15) is 5.56 Å². The summed E-state index contributed by atoms with van der Waals surface area (Å²) in [5.74, 6) is -0.0646. The van der Waals surface area contributed by atoms with E-state index in [1.807, 2.05) is 18.2 Å². The van der Waals surface area contributed by atoms with Crippen molar-refractivity contribution in [3.05, 3.63) is 58.7 Å². The van der Waals surface area contributed by atoms with Crippen molar-refractivity contribution in [2.75, 3.05) is 4.72 Å². The summed E-state index contributed by atoms with van der Waals surface area (Å²) in [6, 6.07) is 10.5. The van der Waals surface area contributed by atoms with Gasteiger partial charge in [0.2, 0.25) is 5.95 Å². The lowest BCUT2D eigenvalue weighted by atomic mass is 10.2. The molecule has 0 aliphatic heterocycles. The fraction of sp³-hybridized carbons (Fsp3) is 0. The number of nitrogens with one attached hydrogen (secondary N) is 1. The molecule has 19 heavy (non-hydrogen) atoms. The van der Waals surface area contributed by atoms with Gasteiger partial charge in [-0.3, -0.25) is 0 Å². The van der Waals surface area contributed by atoms with Gasteiger partial charge >= 0.3 is 0 Å². The molecule has 98 valence electrons. The quantitative estimate of drug-likeness (QED) is 0.880. The minimum absolute atomic E-state index is 0.0646. The first-order valence-corrected chi connectivity index (χ1v) is 7.22. The van der Waals surface area contributed by atoms with Crippen molar-refractivity contribution in [2.45, 2.75) is 0 Å². The van der Waals surface area contributed by atoms with Crippen LogP contribution in [0.3, 0.4) is 0 Å². The first-order valence-electron chi connectivity index (χ1n) is 5.30. The molecule has 1 aromatic carbocycles. The Balaban J connectivity index is 2.13. The maximum atomic E-state index is 11.8. The number of halogens is 1. The smallest absolute Gasteiger partial charge is 0.248 e. The minimum atomic E-state index is -3.66. The van der Waals surface area contributed by atoms with Gasteiger partial charge in [0, 0.05) is 6.20 Å². The fourth-order valence-corrected chi connectivity index (χ4v) is 2.17. The Kier molecular flexibility index (Phi) is 4.13. The van der Waals surface area contributed by atoms with E-state index in [9.17, 15) is 8.42 Å². The molecule has 0 fully saturated rings. The molecule has 1 N–H and O–H groups in total. The molecule has 0 atom stereocenters. The van der Waals surface area contributed by atoms with Gasteiger partial charge in [0.1, 0.15) is 5.15 Å². The van der Waals surface area contributed by atoms with E-state index >= 15 is 0 Å². The second-order valence-corrected chi connectivity index (χ2v) is 5.52. The van der Waals surface area contributed by atoms with Gasteiger partial charge < -0.3 is 0 Å². The molecule has 0 aliphatic carbocycles. The number of anilines is 1. The zero-order valence-corrected chi connectivity index (χ0v) is 11.3. The van der Waals surface area contributed by atoms with Crippen LogP contribution in [0.2, 0.25) is 5.15 Å². The zero-order valence-electron chi connectivity index (χ0n) is 9.69. The van der Waals surface area contributed by atoms with Crippen molar-refractivity contribution in [1.29, 1.82) is 0 Å². The summed E-state index contributed by atoms with van der Waals surface area (Å²) in [7, 11) is -3.66. The van der Waals surface area contributed by atoms with Gasteiger partial charge in [-0.05, 0) is 17.7 Å². The Morgan fingerprint density at radius 1 is 1.16 bits per heavy atom. The summed E-state index contributed by atoms with van der Waals surface area (Å²) in [6.07, 6.45) is 2.85. The number of rotatable bonds is 4. The van der Waals surface area contributed by atoms with E-state index in [0.717, 1.165) is 11.0 Å². The van der Waals surface area contributed by atoms with Gasteiger partial charge in [-0.25, -0.2) is 23.1 Å². The Morgan fingerprint density at radius 2 is 1.89 bits per heavy atom. The molecule has 2 aromatic rings. The summed E-state index contributed by atoms with van der Waals surface area (Å²) in [6.45, 7) is 0. The molecule has 0 unspecified atom stereocenters. The van der Waals surface area contributed by atoms with E-state index in [1.54, 1.807) is 12.1 Å². The maximum Gasteiger partial charge on any atom is 0.257 e. The standard InChI is InChI=1S/C12H10ClN3O2S/c13-11-6-8-14-12(15-11)16-19(17,18)9-7-10-4-2-1-3-5-10/h1-9H,(H,14,15,16)/b9-7+. The lowest BCUT2D eigenvalue weighted by molar-refractivity contribution is 0.609. The normalized spacial score (nSPS) is 11.6. The SMILES string of the molecule is O=S(=O)(/C=C/c1ccccc1)Nc1nccc(Cl)n1. The molecular weight excluding hydrogens is 286 g/mol. The second-order valence-electron chi connectivity index (χ2n) is 3.56. The highest BCUT2D eigenvalue weighted by atomic mass is 35.5. The van der Waals surface area contributed by atoms with Crippen LogP contribution in [0.15, 0.2) is 48.0 Å². The lowest BCUT2D eigenvalue weighted by Crippen LogP contribution is -2.11. The van der Waals surface area contributed by atoms with E-state index < -0.39 is 10.0 Å². The number of aromatic nitrogens is 2. The summed E-state index contributed by atoms with van der Waals surface area (Å²) >= 11 is 5.64. The number of benzene rings is 1. The molecule has 0 amide bonds. The van der Waals surface area contributed by atoms with E-state index in [-0.39, 0.29) is 11.1 Å². The van der Waals surface area contributed by atoms with Crippen molar-refractivity contribution in [1.82, 2.24) is 9.97 Å². The summed E-state index contributed by atoms with van der Waals surface area (Å²) in [4.78, 5) is 7.50. The second kappa shape index (κ2) is 5.81. The Hall–Kier alpha value is -1.92. The van der Waals surface area contributed by atoms with Crippen LogP contribution < -0.4 is 4.72 Å². The van der Waals surface area contributed by atoms with Crippen molar-refractivity contribution in [2.24, 2.45) is 0 Å². The average Bonchev–Trinajstić information content (AvgIpc) is 2.37. The average molecular weight is 296 g/mol. The highest BCUT2D eigenvalue weighted by Gasteiger charge is 2.07. The molecule has 0 spiro atoms. The molecule has 0 radical (unpaired) electrons. The molecule has 0 saturated carbocycles. The van der Waals surface area contributed by atoms with Crippen LogP contribution >= 0.6 is 11.6 Å². The maximum absolute atomic E-state index is 11.8. The highest BCUT2D eigenvalue weighted by Crippen LogP contribution is 2.09. The van der Waals surface area contributed by atoms with Crippen molar-refractivity contribution >= 4 is 33.6 Å². The molecule has 0 bridgehead atoms. The summed E-state index contributed by atoms with van der Waals surface area (Å²) in [5.41, 5.74) is 0.778. The lowest BCUT2D eigenvalue weighted by Gasteiger charge is -2.02. The molecule has 1 heterocycles. The molecule has 5 nitrogen and oxygen atoms in total. The number of hydrogen-bond acceptors (Lipinski definition) is 4. The molecule has 0 saturated heterocycles. The van der Waals surface area contributed by atoms with Crippen LogP contribution in [-0.2, 0) is 10.0 Å². The summed E-state index contributed by atoms with van der Waals surface area (Å²) < 4.78 is 25.7. The largest absolute Gasteiger partial charge is 0.257 e. The van der Waals surface area contributed by atoms with Crippen LogP contribution in [-0.4, -0.2) is 18.4 Å². The third-order valence-corrected chi connectivity index (χ3v) is 3.27. The first-order chi connectivity index (χ1) is 9.05. The third-order valence-electron chi connectivity index (χ3n) is 2.09.